The van der Waals surface area contributed by atoms with Gasteiger partial charge in [-0.2, -0.15) is 5.10 Å². The van der Waals surface area contributed by atoms with Gasteiger partial charge in [0.2, 0.25) is 0 Å². The average Bonchev–Trinajstić information content (AvgIpc) is 2.91. The lowest BCUT2D eigenvalue weighted by Gasteiger charge is -2.32. The Morgan fingerprint density at radius 1 is 1.00 bits per heavy atom. The summed E-state index contributed by atoms with van der Waals surface area (Å²) in [5.74, 6) is 0. The summed E-state index contributed by atoms with van der Waals surface area (Å²) in [5.41, 5.74) is 3.56. The molecule has 0 atom stereocenters. The van der Waals surface area contributed by atoms with E-state index < -0.39 is 0 Å². The van der Waals surface area contributed by atoms with Gasteiger partial charge in [-0.15, -0.1) is 0 Å². The minimum atomic E-state index is -0.347. The molecule has 0 N–H and O–H groups in total. The molecule has 1 aromatic carbocycles. The largest absolute Gasteiger partial charge is 0.494 e. The van der Waals surface area contributed by atoms with Gasteiger partial charge in [0.05, 0.1) is 22.6 Å². The summed E-state index contributed by atoms with van der Waals surface area (Å²) in [6, 6.07) is 8.31. The van der Waals surface area contributed by atoms with Gasteiger partial charge >= 0.3 is 7.12 Å². The van der Waals surface area contributed by atoms with Gasteiger partial charge < -0.3 is 9.31 Å². The van der Waals surface area contributed by atoms with Crippen LogP contribution in [0, 0.1) is 13.8 Å². The van der Waals surface area contributed by atoms with E-state index in [0.717, 1.165) is 22.4 Å². The topological polar surface area (TPSA) is 36.3 Å². The van der Waals surface area contributed by atoms with E-state index in [-0.39, 0.29) is 18.3 Å². The zero-order chi connectivity index (χ0) is 16.1. The van der Waals surface area contributed by atoms with Crippen molar-refractivity contribution in [2.45, 2.75) is 52.7 Å². The molecular formula is C17H23BN2O2. The molecule has 1 fully saturated rings. The first-order valence-electron chi connectivity index (χ1n) is 7.68. The first-order valence-corrected chi connectivity index (χ1v) is 7.68. The Kier molecular flexibility index (Phi) is 3.46. The monoisotopic (exact) mass is 298 g/mol. The zero-order valence-corrected chi connectivity index (χ0v) is 14.2. The molecule has 1 aliphatic rings. The zero-order valence-electron chi connectivity index (χ0n) is 14.2. The average molecular weight is 298 g/mol. The van der Waals surface area contributed by atoms with Crippen LogP contribution in [-0.4, -0.2) is 28.1 Å². The van der Waals surface area contributed by atoms with Gasteiger partial charge in [0.15, 0.2) is 0 Å². The number of hydrogen-bond donors (Lipinski definition) is 0. The Balaban J connectivity index is 1.98. The Morgan fingerprint density at radius 3 is 2.18 bits per heavy atom. The van der Waals surface area contributed by atoms with Crippen LogP contribution in [-0.2, 0) is 9.31 Å². The van der Waals surface area contributed by atoms with Crippen molar-refractivity contribution < 1.29 is 9.31 Å². The highest BCUT2D eigenvalue weighted by Gasteiger charge is 2.51. The van der Waals surface area contributed by atoms with E-state index >= 15 is 0 Å². The molecule has 2 aromatic rings. The molecule has 22 heavy (non-hydrogen) atoms. The summed E-state index contributed by atoms with van der Waals surface area (Å²) in [4.78, 5) is 0. The molecule has 0 amide bonds. The lowest BCUT2D eigenvalue weighted by molar-refractivity contribution is 0.00578. The smallest absolute Gasteiger partial charge is 0.399 e. The van der Waals surface area contributed by atoms with E-state index in [1.165, 1.54) is 0 Å². The molecule has 0 bridgehead atoms. The van der Waals surface area contributed by atoms with Crippen LogP contribution in [0.1, 0.15) is 39.0 Å². The van der Waals surface area contributed by atoms with Crippen LogP contribution in [0.5, 0.6) is 0 Å². The summed E-state index contributed by atoms with van der Waals surface area (Å²) < 4.78 is 14.2. The molecular weight excluding hydrogens is 275 g/mol. The quantitative estimate of drug-likeness (QED) is 0.800. The predicted octanol–water partition coefficient (Wildman–Crippen LogP) is 2.79. The maximum Gasteiger partial charge on any atom is 0.494 e. The molecule has 2 heterocycles. The molecule has 0 radical (unpaired) electrons. The molecule has 4 nitrogen and oxygen atoms in total. The Morgan fingerprint density at radius 2 is 1.64 bits per heavy atom. The first kappa shape index (κ1) is 15.3. The van der Waals surface area contributed by atoms with E-state index in [2.05, 4.69) is 57.9 Å². The third-order valence-electron chi connectivity index (χ3n) is 4.60. The van der Waals surface area contributed by atoms with E-state index in [0.29, 0.717) is 0 Å². The molecule has 0 aliphatic carbocycles. The highest BCUT2D eigenvalue weighted by Crippen LogP contribution is 2.36. The second-order valence-corrected chi connectivity index (χ2v) is 7.09. The van der Waals surface area contributed by atoms with Crippen LogP contribution < -0.4 is 5.46 Å². The second-order valence-electron chi connectivity index (χ2n) is 7.09. The molecule has 0 unspecified atom stereocenters. The molecule has 0 spiro atoms. The van der Waals surface area contributed by atoms with E-state index in [1.54, 1.807) is 0 Å². The number of aryl methyl sites for hydroxylation is 2. The summed E-state index contributed by atoms with van der Waals surface area (Å²) >= 11 is 0. The van der Waals surface area contributed by atoms with Gasteiger partial charge in [0, 0.05) is 6.20 Å². The van der Waals surface area contributed by atoms with Gasteiger partial charge in [-0.25, -0.2) is 4.68 Å². The summed E-state index contributed by atoms with van der Waals surface area (Å²) in [5, 5.41) is 4.48. The fraction of sp³-hybridized carbons (Fsp3) is 0.471. The van der Waals surface area contributed by atoms with Crippen molar-refractivity contribution in [3.8, 4) is 5.69 Å². The number of rotatable bonds is 2. The van der Waals surface area contributed by atoms with Crippen molar-refractivity contribution in [3.63, 3.8) is 0 Å². The molecule has 3 rings (SSSR count). The van der Waals surface area contributed by atoms with Crippen LogP contribution in [0.2, 0.25) is 0 Å². The van der Waals surface area contributed by atoms with Gasteiger partial charge in [0.1, 0.15) is 0 Å². The van der Waals surface area contributed by atoms with Gasteiger partial charge in [0.25, 0.3) is 0 Å². The van der Waals surface area contributed by atoms with Crippen LogP contribution >= 0.6 is 0 Å². The molecule has 116 valence electrons. The second kappa shape index (κ2) is 4.96. The van der Waals surface area contributed by atoms with E-state index in [4.69, 9.17) is 9.31 Å². The Bertz CT molecular complexity index is 690. The fourth-order valence-corrected chi connectivity index (χ4v) is 2.60. The first-order chi connectivity index (χ1) is 10.2. The standard InChI is InChI=1S/C17H23BN2O2/c1-12-9-14(18-21-16(3,4)17(5,6)22-18)11-15(10-12)20-8-7-13(2)19-20/h7-11H,1-6H3. The molecule has 1 saturated heterocycles. The Labute approximate surface area is 132 Å². The number of benzene rings is 1. The maximum absolute atomic E-state index is 6.15. The van der Waals surface area contributed by atoms with Gasteiger partial charge in [-0.3, -0.25) is 0 Å². The van der Waals surface area contributed by atoms with Crippen LogP contribution in [0.15, 0.2) is 30.5 Å². The van der Waals surface area contributed by atoms with Crippen molar-refractivity contribution in [2.75, 3.05) is 0 Å². The van der Waals surface area contributed by atoms with E-state index in [1.807, 2.05) is 23.9 Å². The van der Waals surface area contributed by atoms with Crippen LogP contribution in [0.3, 0.4) is 0 Å². The van der Waals surface area contributed by atoms with Crippen molar-refractivity contribution in [1.82, 2.24) is 9.78 Å². The summed E-state index contributed by atoms with van der Waals surface area (Å²) in [6.07, 6.45) is 1.97. The van der Waals surface area contributed by atoms with Gasteiger partial charge in [-0.05, 0) is 70.8 Å². The van der Waals surface area contributed by atoms with Crippen molar-refractivity contribution in [3.05, 3.63) is 41.7 Å². The number of aromatic nitrogens is 2. The fourth-order valence-electron chi connectivity index (χ4n) is 2.60. The highest BCUT2D eigenvalue weighted by molar-refractivity contribution is 6.62. The normalized spacial score (nSPS) is 19.6. The third-order valence-corrected chi connectivity index (χ3v) is 4.60. The number of nitrogens with zero attached hydrogens (tertiary/aromatic N) is 2. The molecule has 0 saturated carbocycles. The SMILES string of the molecule is Cc1cc(B2OC(C)(C)C(C)(C)O2)cc(-n2ccc(C)n2)c1. The maximum atomic E-state index is 6.15. The number of hydrogen-bond acceptors (Lipinski definition) is 3. The predicted molar refractivity (Wildman–Crippen MR) is 88.8 cm³/mol. The van der Waals surface area contributed by atoms with Crippen molar-refractivity contribution in [1.29, 1.82) is 0 Å². The highest BCUT2D eigenvalue weighted by atomic mass is 16.7. The van der Waals surface area contributed by atoms with Crippen LogP contribution in [0.25, 0.3) is 5.69 Å². The minimum absolute atomic E-state index is 0.329. The molecule has 5 heteroatoms. The third kappa shape index (κ3) is 2.59. The summed E-state index contributed by atoms with van der Waals surface area (Å²) in [6.45, 7) is 12.3. The molecule has 1 aromatic heterocycles. The van der Waals surface area contributed by atoms with E-state index in [9.17, 15) is 0 Å². The lowest BCUT2D eigenvalue weighted by atomic mass is 9.78. The van der Waals surface area contributed by atoms with Crippen molar-refractivity contribution >= 4 is 12.6 Å². The van der Waals surface area contributed by atoms with Crippen LogP contribution in [0.4, 0.5) is 0 Å². The minimum Gasteiger partial charge on any atom is -0.399 e. The molecule has 1 aliphatic heterocycles. The van der Waals surface area contributed by atoms with Crippen molar-refractivity contribution in [2.24, 2.45) is 0 Å². The summed E-state index contributed by atoms with van der Waals surface area (Å²) in [7, 11) is -0.347. The lowest BCUT2D eigenvalue weighted by Crippen LogP contribution is -2.41. The van der Waals surface area contributed by atoms with Gasteiger partial charge in [-0.1, -0.05) is 6.07 Å². The Hall–Kier alpha value is -1.59.